The number of amides is 3. The van der Waals surface area contributed by atoms with Crippen LogP contribution in [-0.2, 0) is 30.5 Å². The number of aryl methyl sites for hydroxylation is 1. The number of aliphatic hydroxyl groups excluding tert-OH is 1. The summed E-state index contributed by atoms with van der Waals surface area (Å²) < 4.78 is 19.6. The molecule has 42 heavy (non-hydrogen) atoms. The number of aliphatic hydroxyl groups is 1. The van der Waals surface area contributed by atoms with E-state index in [4.69, 9.17) is 4.74 Å². The number of hydrogen-bond donors (Lipinski definition) is 4. The fourth-order valence-electron chi connectivity index (χ4n) is 3.55. The number of allylic oxidation sites excluding steroid dienone is 1. The molecular formula is C30H44FN5O6. The summed E-state index contributed by atoms with van der Waals surface area (Å²) in [5.41, 5.74) is 0.223. The number of likely N-dealkylation sites (N-methyl/N-ethyl adjacent to an activating group) is 1. The number of nitrogens with zero attached hydrogens (tertiary/aromatic N) is 2. The minimum atomic E-state index is -1.36. The lowest BCUT2D eigenvalue weighted by Crippen LogP contribution is -2.59. The Labute approximate surface area is 247 Å². The summed E-state index contributed by atoms with van der Waals surface area (Å²) in [4.78, 5) is 52.4. The third kappa shape index (κ3) is 12.0. The molecule has 12 heteroatoms. The van der Waals surface area contributed by atoms with Gasteiger partial charge < -0.3 is 30.7 Å². The molecule has 0 radical (unpaired) electrons. The molecule has 0 aromatic heterocycles. The third-order valence-corrected chi connectivity index (χ3v) is 6.07. The highest BCUT2D eigenvalue weighted by atomic mass is 19.1. The highest BCUT2D eigenvalue weighted by Gasteiger charge is 2.33. The molecule has 0 aliphatic carbocycles. The van der Waals surface area contributed by atoms with E-state index in [0.29, 0.717) is 5.56 Å². The van der Waals surface area contributed by atoms with Crippen molar-refractivity contribution in [3.05, 3.63) is 46.8 Å². The Balaban J connectivity index is 3.00. The van der Waals surface area contributed by atoms with Crippen LogP contribution < -0.4 is 16.0 Å². The molecular weight excluding hydrogens is 545 g/mol. The van der Waals surface area contributed by atoms with E-state index in [1.165, 1.54) is 31.0 Å². The molecule has 232 valence electrons. The van der Waals surface area contributed by atoms with Gasteiger partial charge in [0.2, 0.25) is 11.8 Å². The second-order valence-corrected chi connectivity index (χ2v) is 11.6. The van der Waals surface area contributed by atoms with Gasteiger partial charge in [0.25, 0.3) is 5.91 Å². The predicted molar refractivity (Wildman–Crippen MR) is 155 cm³/mol. The fraction of sp³-hybridized carbons (Fsp3) is 0.567. The van der Waals surface area contributed by atoms with Crippen LogP contribution in [0.3, 0.4) is 0 Å². The van der Waals surface area contributed by atoms with E-state index in [2.05, 4.69) is 16.0 Å². The van der Waals surface area contributed by atoms with E-state index in [-0.39, 0.29) is 37.7 Å². The zero-order valence-corrected chi connectivity index (χ0v) is 25.7. The van der Waals surface area contributed by atoms with Gasteiger partial charge in [-0.2, -0.15) is 5.26 Å². The molecule has 11 nitrogen and oxygen atoms in total. The molecule has 4 N–H and O–H groups in total. The summed E-state index contributed by atoms with van der Waals surface area (Å²) in [6.45, 7) is 11.3. The first-order valence-electron chi connectivity index (χ1n) is 13.8. The van der Waals surface area contributed by atoms with Crippen LogP contribution >= 0.6 is 0 Å². The minimum Gasteiger partial charge on any atom is -0.462 e. The van der Waals surface area contributed by atoms with Gasteiger partial charge >= 0.3 is 5.97 Å². The topological polar surface area (TPSA) is 161 Å². The highest BCUT2D eigenvalue weighted by molar-refractivity contribution is 5.97. The standard InChI is InChI=1S/C30H44FN5O6/c1-18(2)13-22(15-32)27(39)36(8)11-12-42-28(40)24(17-33-16-21-10-9-19(3)14-23(21)31)34-26(38)25(20(4)37)35-29(41)30(5,6)7/h9-10,13-14,18,20,24-25,33,37H,11-12,16-17H2,1-8H3,(H,34,38)(H,35,41)/t20-,24?,25+/m1/s1. The van der Waals surface area contributed by atoms with Crippen LogP contribution in [0.1, 0.15) is 52.7 Å². The van der Waals surface area contributed by atoms with Crippen molar-refractivity contribution in [2.75, 3.05) is 26.7 Å². The zero-order valence-electron chi connectivity index (χ0n) is 25.7. The van der Waals surface area contributed by atoms with E-state index in [0.717, 1.165) is 5.56 Å². The molecule has 0 bridgehead atoms. The molecule has 3 atom stereocenters. The molecule has 1 aromatic carbocycles. The molecule has 1 aromatic rings. The van der Waals surface area contributed by atoms with E-state index in [1.54, 1.807) is 39.8 Å². The maximum absolute atomic E-state index is 14.3. The van der Waals surface area contributed by atoms with Crippen molar-refractivity contribution in [2.24, 2.45) is 11.3 Å². The lowest BCUT2D eigenvalue weighted by molar-refractivity contribution is -0.149. The molecule has 0 heterocycles. The summed E-state index contributed by atoms with van der Waals surface area (Å²) in [6.07, 6.45) is 0.256. The van der Waals surface area contributed by atoms with Crippen molar-refractivity contribution in [3.63, 3.8) is 0 Å². The Hall–Kier alpha value is -3.82. The lowest BCUT2D eigenvalue weighted by atomic mass is 9.94. The molecule has 1 rings (SSSR count). The van der Waals surface area contributed by atoms with Gasteiger partial charge in [-0.05, 0) is 31.4 Å². The van der Waals surface area contributed by atoms with E-state index in [9.17, 15) is 33.9 Å². The number of hydrogen-bond acceptors (Lipinski definition) is 8. The van der Waals surface area contributed by atoms with Crippen molar-refractivity contribution in [3.8, 4) is 6.07 Å². The molecule has 1 unspecified atom stereocenters. The number of benzene rings is 1. The van der Waals surface area contributed by atoms with Crippen LogP contribution in [0, 0.1) is 35.4 Å². The number of nitrogens with one attached hydrogen (secondary N) is 3. The van der Waals surface area contributed by atoms with E-state index < -0.39 is 53.1 Å². The van der Waals surface area contributed by atoms with E-state index >= 15 is 0 Å². The van der Waals surface area contributed by atoms with Crippen molar-refractivity contribution < 1.29 is 33.4 Å². The average molecular weight is 590 g/mol. The molecule has 3 amide bonds. The number of halogens is 1. The second kappa shape index (κ2) is 16.6. The van der Waals surface area contributed by atoms with Crippen LogP contribution in [0.15, 0.2) is 29.8 Å². The van der Waals surface area contributed by atoms with Gasteiger partial charge in [-0.15, -0.1) is 0 Å². The Kier molecular flexibility index (Phi) is 14.3. The van der Waals surface area contributed by atoms with Crippen LogP contribution in [-0.4, -0.2) is 78.6 Å². The first kappa shape index (κ1) is 36.2. The van der Waals surface area contributed by atoms with Crippen molar-refractivity contribution in [1.29, 1.82) is 5.26 Å². The van der Waals surface area contributed by atoms with Gasteiger partial charge in [0.1, 0.15) is 36.2 Å². The first-order valence-corrected chi connectivity index (χ1v) is 13.8. The third-order valence-electron chi connectivity index (χ3n) is 6.07. The fourth-order valence-corrected chi connectivity index (χ4v) is 3.55. The first-order chi connectivity index (χ1) is 19.5. The largest absolute Gasteiger partial charge is 0.462 e. The Bertz CT molecular complexity index is 1190. The van der Waals surface area contributed by atoms with Crippen LogP contribution in [0.2, 0.25) is 0 Å². The van der Waals surface area contributed by atoms with Gasteiger partial charge in [-0.1, -0.05) is 52.8 Å². The van der Waals surface area contributed by atoms with Crippen LogP contribution in [0.25, 0.3) is 0 Å². The number of rotatable bonds is 14. The summed E-state index contributed by atoms with van der Waals surface area (Å²) in [5, 5.41) is 27.4. The summed E-state index contributed by atoms with van der Waals surface area (Å²) in [7, 11) is 1.46. The SMILES string of the molecule is Cc1ccc(CNCC(NC(=O)[C@@H](NC(=O)C(C)(C)C)[C@@H](C)O)C(=O)OCCN(C)C(=O)C(C#N)=CC(C)C)c(F)c1. The monoisotopic (exact) mass is 589 g/mol. The Morgan fingerprint density at radius 3 is 2.33 bits per heavy atom. The van der Waals surface area contributed by atoms with Gasteiger partial charge in [-0.25, -0.2) is 9.18 Å². The van der Waals surface area contributed by atoms with Gasteiger partial charge in [0.05, 0.1) is 12.6 Å². The summed E-state index contributed by atoms with van der Waals surface area (Å²) >= 11 is 0. The number of esters is 1. The van der Waals surface area contributed by atoms with Gasteiger partial charge in [-0.3, -0.25) is 14.4 Å². The Morgan fingerprint density at radius 2 is 1.81 bits per heavy atom. The summed E-state index contributed by atoms with van der Waals surface area (Å²) in [6, 6.07) is 3.95. The lowest BCUT2D eigenvalue weighted by Gasteiger charge is -2.27. The van der Waals surface area contributed by atoms with Crippen molar-refractivity contribution >= 4 is 23.7 Å². The van der Waals surface area contributed by atoms with Gasteiger partial charge in [0.15, 0.2) is 0 Å². The maximum atomic E-state index is 14.3. The van der Waals surface area contributed by atoms with Gasteiger partial charge in [0, 0.05) is 31.1 Å². The molecule has 0 saturated heterocycles. The van der Waals surface area contributed by atoms with Crippen molar-refractivity contribution in [2.45, 2.75) is 73.2 Å². The number of carbonyl (C=O) groups is 4. The molecule has 0 fully saturated rings. The summed E-state index contributed by atoms with van der Waals surface area (Å²) in [5.74, 6) is -3.13. The maximum Gasteiger partial charge on any atom is 0.330 e. The zero-order chi connectivity index (χ0) is 32.2. The van der Waals surface area contributed by atoms with E-state index in [1.807, 2.05) is 19.9 Å². The number of ether oxygens (including phenoxy) is 1. The smallest absolute Gasteiger partial charge is 0.330 e. The average Bonchev–Trinajstić information content (AvgIpc) is 2.89. The minimum absolute atomic E-state index is 0.0151. The Morgan fingerprint density at radius 1 is 1.17 bits per heavy atom. The molecule has 0 saturated carbocycles. The predicted octanol–water partition coefficient (Wildman–Crippen LogP) is 1.73. The molecule has 0 aliphatic rings. The number of nitriles is 1. The van der Waals surface area contributed by atoms with Crippen molar-refractivity contribution in [1.82, 2.24) is 20.9 Å². The molecule has 0 aliphatic heterocycles. The number of carbonyl (C=O) groups excluding carboxylic acids is 4. The second-order valence-electron chi connectivity index (χ2n) is 11.6. The normalized spacial score (nSPS) is 13.9. The highest BCUT2D eigenvalue weighted by Crippen LogP contribution is 2.14. The van der Waals surface area contributed by atoms with Crippen LogP contribution in [0.5, 0.6) is 0 Å². The molecule has 0 spiro atoms. The quantitative estimate of drug-likeness (QED) is 0.145. The van der Waals surface area contributed by atoms with Crippen LogP contribution in [0.4, 0.5) is 4.39 Å².